The van der Waals surface area contributed by atoms with Crippen molar-refractivity contribution in [2.75, 3.05) is 23.7 Å². The number of anilines is 2. The summed E-state index contributed by atoms with van der Waals surface area (Å²) in [5, 5.41) is 4.30. The lowest BCUT2D eigenvalue weighted by molar-refractivity contribution is 0.566. The zero-order valence-corrected chi connectivity index (χ0v) is 11.0. The molecule has 2 aromatic heterocycles. The Balaban J connectivity index is 1.95. The van der Waals surface area contributed by atoms with E-state index >= 15 is 0 Å². The van der Waals surface area contributed by atoms with E-state index in [1.54, 1.807) is 4.68 Å². The van der Waals surface area contributed by atoms with E-state index in [2.05, 4.69) is 25.0 Å². The molecule has 0 aromatic carbocycles. The highest BCUT2D eigenvalue weighted by Gasteiger charge is 2.16. The minimum Gasteiger partial charge on any atom is -0.368 e. The minimum absolute atomic E-state index is 0.235. The molecule has 0 bridgehead atoms. The van der Waals surface area contributed by atoms with Crippen molar-refractivity contribution in [1.29, 1.82) is 0 Å². The number of nitrogens with two attached hydrogens (primary N) is 1. The third-order valence-electron chi connectivity index (χ3n) is 3.20. The molecule has 1 aliphatic rings. The van der Waals surface area contributed by atoms with E-state index in [0.717, 1.165) is 18.8 Å². The summed E-state index contributed by atoms with van der Waals surface area (Å²) in [6.45, 7) is 3.87. The number of piperidine rings is 1. The van der Waals surface area contributed by atoms with Crippen LogP contribution in [0.25, 0.3) is 5.95 Å². The summed E-state index contributed by atoms with van der Waals surface area (Å²) >= 11 is 0. The van der Waals surface area contributed by atoms with Crippen LogP contribution in [0.2, 0.25) is 0 Å². The Morgan fingerprint density at radius 1 is 1.05 bits per heavy atom. The first kappa shape index (κ1) is 11.9. The molecular weight excluding hydrogens is 242 g/mol. The third-order valence-corrected chi connectivity index (χ3v) is 3.20. The molecule has 1 saturated heterocycles. The van der Waals surface area contributed by atoms with Crippen LogP contribution in [-0.4, -0.2) is 37.8 Å². The number of aromatic nitrogens is 5. The second kappa shape index (κ2) is 4.83. The summed E-state index contributed by atoms with van der Waals surface area (Å²) in [6.07, 6.45) is 5.43. The Hall–Kier alpha value is -2.18. The van der Waals surface area contributed by atoms with Crippen molar-refractivity contribution in [2.24, 2.45) is 0 Å². The van der Waals surface area contributed by atoms with Crippen LogP contribution in [0.3, 0.4) is 0 Å². The summed E-state index contributed by atoms with van der Waals surface area (Å²) in [6, 6.07) is 1.90. The van der Waals surface area contributed by atoms with Crippen LogP contribution in [0.4, 0.5) is 11.9 Å². The number of hydrogen-bond acceptors (Lipinski definition) is 6. The van der Waals surface area contributed by atoms with Crippen molar-refractivity contribution in [3.63, 3.8) is 0 Å². The van der Waals surface area contributed by atoms with Gasteiger partial charge in [0.05, 0.1) is 5.69 Å². The summed E-state index contributed by atoms with van der Waals surface area (Å²) in [4.78, 5) is 15.0. The topological polar surface area (TPSA) is 85.8 Å². The smallest absolute Gasteiger partial charge is 0.257 e. The van der Waals surface area contributed by atoms with Gasteiger partial charge in [-0.2, -0.15) is 20.1 Å². The molecule has 0 aliphatic carbocycles. The normalized spacial score (nSPS) is 15.7. The van der Waals surface area contributed by atoms with Crippen LogP contribution in [0.1, 0.15) is 25.0 Å². The van der Waals surface area contributed by atoms with Crippen molar-refractivity contribution < 1.29 is 0 Å². The maximum atomic E-state index is 5.78. The van der Waals surface area contributed by atoms with Gasteiger partial charge in [0.15, 0.2) is 0 Å². The van der Waals surface area contributed by atoms with E-state index in [9.17, 15) is 0 Å². The van der Waals surface area contributed by atoms with Crippen LogP contribution in [0, 0.1) is 6.92 Å². The fourth-order valence-electron chi connectivity index (χ4n) is 2.23. The average molecular weight is 259 g/mol. The fourth-order valence-corrected chi connectivity index (χ4v) is 2.23. The van der Waals surface area contributed by atoms with Gasteiger partial charge < -0.3 is 10.6 Å². The SMILES string of the molecule is Cc1ccn(-c2nc(N)nc(N3CCCCC3)n2)n1. The predicted molar refractivity (Wildman–Crippen MR) is 72.2 cm³/mol. The van der Waals surface area contributed by atoms with Crippen molar-refractivity contribution >= 4 is 11.9 Å². The highest BCUT2D eigenvalue weighted by Crippen LogP contribution is 2.17. The van der Waals surface area contributed by atoms with Crippen LogP contribution in [0.15, 0.2) is 12.3 Å². The summed E-state index contributed by atoms with van der Waals surface area (Å²) < 4.78 is 1.63. The Labute approximate surface area is 111 Å². The molecule has 1 aliphatic heterocycles. The fraction of sp³-hybridized carbons (Fsp3) is 0.500. The molecule has 0 atom stereocenters. The number of hydrogen-bond donors (Lipinski definition) is 1. The summed E-state index contributed by atoms with van der Waals surface area (Å²) in [5.74, 6) is 1.36. The van der Waals surface area contributed by atoms with Gasteiger partial charge in [-0.25, -0.2) is 4.68 Å². The van der Waals surface area contributed by atoms with Crippen LogP contribution < -0.4 is 10.6 Å². The first-order valence-electron chi connectivity index (χ1n) is 6.51. The lowest BCUT2D eigenvalue weighted by atomic mass is 10.1. The quantitative estimate of drug-likeness (QED) is 0.863. The molecule has 0 radical (unpaired) electrons. The lowest BCUT2D eigenvalue weighted by Gasteiger charge is -2.26. The largest absolute Gasteiger partial charge is 0.368 e. The molecule has 2 aromatic rings. The molecule has 0 unspecified atom stereocenters. The van der Waals surface area contributed by atoms with Crippen molar-refractivity contribution in [2.45, 2.75) is 26.2 Å². The highest BCUT2D eigenvalue weighted by molar-refractivity contribution is 5.38. The average Bonchev–Trinajstić information content (AvgIpc) is 2.86. The standard InChI is InChI=1S/C12H17N7/c1-9-5-8-19(17-9)12-15-10(13)14-11(16-12)18-6-3-2-4-7-18/h5,8H,2-4,6-7H2,1H3,(H2,13,14,15,16). The maximum Gasteiger partial charge on any atom is 0.257 e. The highest BCUT2D eigenvalue weighted by atomic mass is 15.4. The third kappa shape index (κ3) is 2.49. The van der Waals surface area contributed by atoms with Crippen LogP contribution >= 0.6 is 0 Å². The molecule has 0 amide bonds. The van der Waals surface area contributed by atoms with Crippen molar-refractivity contribution in [3.8, 4) is 5.95 Å². The van der Waals surface area contributed by atoms with Gasteiger partial charge in [0.2, 0.25) is 11.9 Å². The van der Waals surface area contributed by atoms with Gasteiger partial charge in [0, 0.05) is 19.3 Å². The second-order valence-electron chi connectivity index (χ2n) is 4.74. The van der Waals surface area contributed by atoms with Gasteiger partial charge in [-0.15, -0.1) is 0 Å². The Morgan fingerprint density at radius 3 is 2.47 bits per heavy atom. The maximum absolute atomic E-state index is 5.78. The second-order valence-corrected chi connectivity index (χ2v) is 4.74. The molecule has 0 spiro atoms. The molecule has 19 heavy (non-hydrogen) atoms. The van der Waals surface area contributed by atoms with E-state index < -0.39 is 0 Å². The first-order valence-corrected chi connectivity index (χ1v) is 6.51. The van der Waals surface area contributed by atoms with E-state index in [4.69, 9.17) is 5.73 Å². The monoisotopic (exact) mass is 259 g/mol. The number of nitrogen functional groups attached to an aromatic ring is 1. The molecule has 3 rings (SSSR count). The zero-order valence-electron chi connectivity index (χ0n) is 11.0. The summed E-state index contributed by atoms with van der Waals surface area (Å²) in [7, 11) is 0. The number of aryl methyl sites for hydroxylation is 1. The van der Waals surface area contributed by atoms with E-state index in [-0.39, 0.29) is 5.95 Å². The molecule has 100 valence electrons. The molecule has 2 N–H and O–H groups in total. The van der Waals surface area contributed by atoms with Crippen molar-refractivity contribution in [1.82, 2.24) is 24.7 Å². The molecule has 3 heterocycles. The zero-order chi connectivity index (χ0) is 13.2. The van der Waals surface area contributed by atoms with Gasteiger partial charge in [0.25, 0.3) is 5.95 Å². The molecule has 1 fully saturated rings. The molecule has 0 saturated carbocycles. The van der Waals surface area contributed by atoms with Gasteiger partial charge in [-0.3, -0.25) is 0 Å². The molecule has 7 heteroatoms. The van der Waals surface area contributed by atoms with Crippen LogP contribution in [-0.2, 0) is 0 Å². The predicted octanol–water partition coefficient (Wildman–Crippen LogP) is 0.938. The van der Waals surface area contributed by atoms with Gasteiger partial charge in [-0.05, 0) is 32.3 Å². The van der Waals surface area contributed by atoms with Gasteiger partial charge in [0.1, 0.15) is 0 Å². The van der Waals surface area contributed by atoms with E-state index in [1.807, 2.05) is 19.2 Å². The number of nitrogens with zero attached hydrogens (tertiary/aromatic N) is 6. The van der Waals surface area contributed by atoms with Gasteiger partial charge >= 0.3 is 0 Å². The Kier molecular flexibility index (Phi) is 3.02. The Morgan fingerprint density at radius 2 is 1.79 bits per heavy atom. The summed E-state index contributed by atoms with van der Waals surface area (Å²) in [5.41, 5.74) is 6.70. The minimum atomic E-state index is 0.235. The van der Waals surface area contributed by atoms with Crippen LogP contribution in [0.5, 0.6) is 0 Å². The number of rotatable bonds is 2. The van der Waals surface area contributed by atoms with Crippen molar-refractivity contribution in [3.05, 3.63) is 18.0 Å². The van der Waals surface area contributed by atoms with Gasteiger partial charge in [-0.1, -0.05) is 0 Å². The molecular formula is C12H17N7. The van der Waals surface area contributed by atoms with E-state index in [1.165, 1.54) is 19.3 Å². The Bertz CT molecular complexity index is 571. The lowest BCUT2D eigenvalue weighted by Crippen LogP contribution is -2.31. The first-order chi connectivity index (χ1) is 9.22. The van der Waals surface area contributed by atoms with E-state index in [0.29, 0.717) is 11.9 Å². The molecule has 7 nitrogen and oxygen atoms in total.